The molecule has 1 aliphatic carbocycles. The van der Waals surface area contributed by atoms with Gasteiger partial charge in [-0.15, -0.1) is 0 Å². The van der Waals surface area contributed by atoms with Gasteiger partial charge >= 0.3 is 0 Å². The third-order valence-electron chi connectivity index (χ3n) is 4.10. The summed E-state index contributed by atoms with van der Waals surface area (Å²) in [5.41, 5.74) is 0.338. The van der Waals surface area contributed by atoms with E-state index < -0.39 is 0 Å². The smallest absolute Gasteiger partial charge is 0.232 e. The fraction of sp³-hybridized carbons (Fsp3) is 0.444. The number of rotatable bonds is 6. The average molecular weight is 311 g/mol. The van der Waals surface area contributed by atoms with Gasteiger partial charge in [-0.05, 0) is 25.0 Å². The molecule has 1 saturated carbocycles. The van der Waals surface area contributed by atoms with E-state index in [0.29, 0.717) is 36.5 Å². The first-order chi connectivity index (χ1) is 11.4. The van der Waals surface area contributed by atoms with Crippen molar-refractivity contribution in [3.63, 3.8) is 0 Å². The van der Waals surface area contributed by atoms with Crippen LogP contribution in [-0.4, -0.2) is 18.1 Å². The molecule has 5 heteroatoms. The number of hydrogen-bond donors (Lipinski definition) is 1. The van der Waals surface area contributed by atoms with E-state index in [1.165, 1.54) is 19.3 Å². The van der Waals surface area contributed by atoms with Crippen LogP contribution >= 0.6 is 0 Å². The van der Waals surface area contributed by atoms with Crippen molar-refractivity contribution in [2.24, 2.45) is 0 Å². The van der Waals surface area contributed by atoms with Crippen LogP contribution in [0.3, 0.4) is 0 Å². The zero-order valence-corrected chi connectivity index (χ0v) is 13.1. The molecule has 23 heavy (non-hydrogen) atoms. The van der Waals surface area contributed by atoms with Crippen LogP contribution in [0.4, 0.5) is 5.88 Å². The van der Waals surface area contributed by atoms with E-state index in [1.54, 1.807) is 0 Å². The molecule has 1 aliphatic rings. The quantitative estimate of drug-likeness (QED) is 0.814. The predicted octanol–water partition coefficient (Wildman–Crippen LogP) is 4.08. The van der Waals surface area contributed by atoms with Gasteiger partial charge in [-0.1, -0.05) is 37.5 Å². The summed E-state index contributed by atoms with van der Waals surface area (Å²) < 4.78 is 11.4. The number of oxazole rings is 1. The molecule has 0 amide bonds. The Kier molecular flexibility index (Phi) is 5.15. The minimum Gasteiger partial charge on any atom is -0.492 e. The Labute approximate surface area is 136 Å². The Bertz CT molecular complexity index is 655. The summed E-state index contributed by atoms with van der Waals surface area (Å²) in [6.45, 7) is 1.05. The number of hydrogen-bond acceptors (Lipinski definition) is 5. The summed E-state index contributed by atoms with van der Waals surface area (Å²) in [7, 11) is 0. The molecule has 0 aliphatic heterocycles. The topological polar surface area (TPSA) is 71.1 Å². The molecule has 0 bridgehead atoms. The first-order valence-corrected chi connectivity index (χ1v) is 8.19. The van der Waals surface area contributed by atoms with Gasteiger partial charge in [0.15, 0.2) is 0 Å². The maximum Gasteiger partial charge on any atom is 0.232 e. The fourth-order valence-corrected chi connectivity index (χ4v) is 2.91. The molecule has 0 unspecified atom stereocenters. The summed E-state index contributed by atoms with van der Waals surface area (Å²) in [5.74, 6) is 2.35. The Morgan fingerprint density at radius 2 is 2.00 bits per heavy atom. The van der Waals surface area contributed by atoms with Crippen molar-refractivity contribution in [2.75, 3.05) is 18.5 Å². The van der Waals surface area contributed by atoms with Gasteiger partial charge < -0.3 is 14.5 Å². The number of nitrogens with zero attached hydrogens (tertiary/aromatic N) is 2. The average Bonchev–Trinajstić information content (AvgIpc) is 3.04. The molecule has 5 nitrogen and oxygen atoms in total. The molecule has 0 radical (unpaired) electrons. The van der Waals surface area contributed by atoms with Crippen molar-refractivity contribution in [2.45, 2.75) is 38.0 Å². The lowest BCUT2D eigenvalue weighted by Crippen LogP contribution is -2.11. The maximum atomic E-state index is 9.22. The van der Waals surface area contributed by atoms with E-state index in [1.807, 2.05) is 30.3 Å². The Hall–Kier alpha value is -2.48. The van der Waals surface area contributed by atoms with Crippen molar-refractivity contribution in [3.8, 4) is 11.8 Å². The highest BCUT2D eigenvalue weighted by Crippen LogP contribution is 2.34. The number of nitrogens with one attached hydrogen (secondary N) is 1. The van der Waals surface area contributed by atoms with Crippen LogP contribution in [0.15, 0.2) is 34.7 Å². The maximum absolute atomic E-state index is 9.22. The zero-order valence-electron chi connectivity index (χ0n) is 13.1. The van der Waals surface area contributed by atoms with E-state index in [9.17, 15) is 5.26 Å². The SMILES string of the molecule is N#Cc1nc(C2CCCCC2)oc1NCCOc1ccccc1. The largest absolute Gasteiger partial charge is 0.492 e. The number of ether oxygens (including phenoxy) is 1. The first-order valence-electron chi connectivity index (χ1n) is 8.19. The van der Waals surface area contributed by atoms with Crippen LogP contribution in [0.2, 0.25) is 0 Å². The molecule has 0 saturated heterocycles. The predicted molar refractivity (Wildman–Crippen MR) is 87.5 cm³/mol. The van der Waals surface area contributed by atoms with Crippen LogP contribution in [0.5, 0.6) is 5.75 Å². The molecular formula is C18H21N3O2. The van der Waals surface area contributed by atoms with Gasteiger partial charge in [0.1, 0.15) is 18.4 Å². The second-order valence-electron chi connectivity index (χ2n) is 5.76. The molecule has 1 N–H and O–H groups in total. The van der Waals surface area contributed by atoms with Gasteiger partial charge in [0.2, 0.25) is 17.5 Å². The highest BCUT2D eigenvalue weighted by molar-refractivity contribution is 5.45. The highest BCUT2D eigenvalue weighted by Gasteiger charge is 2.23. The highest BCUT2D eigenvalue weighted by atomic mass is 16.5. The molecule has 1 aromatic heterocycles. The number of aromatic nitrogens is 1. The third-order valence-corrected chi connectivity index (χ3v) is 4.10. The molecule has 1 aromatic carbocycles. The van der Waals surface area contributed by atoms with Crippen LogP contribution in [0.1, 0.15) is 49.6 Å². The molecule has 0 atom stereocenters. The monoisotopic (exact) mass is 311 g/mol. The van der Waals surface area contributed by atoms with E-state index >= 15 is 0 Å². The van der Waals surface area contributed by atoms with Crippen LogP contribution in [0, 0.1) is 11.3 Å². The normalized spacial score (nSPS) is 15.1. The molecule has 3 rings (SSSR count). The lowest BCUT2D eigenvalue weighted by Gasteiger charge is -2.17. The van der Waals surface area contributed by atoms with Crippen molar-refractivity contribution in [3.05, 3.63) is 41.9 Å². The minimum absolute atomic E-state index is 0.338. The molecule has 1 fully saturated rings. The zero-order chi connectivity index (χ0) is 15.9. The summed E-state index contributed by atoms with van der Waals surface area (Å²) in [5, 5.41) is 12.3. The number of nitriles is 1. The molecule has 120 valence electrons. The molecular weight excluding hydrogens is 290 g/mol. The Morgan fingerprint density at radius 1 is 1.22 bits per heavy atom. The summed E-state index contributed by atoms with van der Waals surface area (Å²) >= 11 is 0. The minimum atomic E-state index is 0.338. The van der Waals surface area contributed by atoms with Crippen molar-refractivity contribution >= 4 is 5.88 Å². The van der Waals surface area contributed by atoms with Crippen LogP contribution in [0.25, 0.3) is 0 Å². The van der Waals surface area contributed by atoms with Gasteiger partial charge in [-0.2, -0.15) is 5.26 Å². The standard InChI is InChI=1S/C18H21N3O2/c19-13-16-18(20-11-12-22-15-9-5-2-6-10-15)23-17(21-16)14-7-3-1-4-8-14/h2,5-6,9-10,14,20H,1,3-4,7-8,11-12H2. The van der Waals surface area contributed by atoms with Crippen molar-refractivity contribution < 1.29 is 9.15 Å². The number of anilines is 1. The fourth-order valence-electron chi connectivity index (χ4n) is 2.91. The number of para-hydroxylation sites is 1. The van der Waals surface area contributed by atoms with Crippen LogP contribution < -0.4 is 10.1 Å². The number of benzene rings is 1. The lowest BCUT2D eigenvalue weighted by molar-refractivity contribution is 0.330. The van der Waals surface area contributed by atoms with Crippen molar-refractivity contribution in [1.82, 2.24) is 4.98 Å². The summed E-state index contributed by atoms with van der Waals surface area (Å²) in [6.07, 6.45) is 5.90. The van der Waals surface area contributed by atoms with E-state index in [-0.39, 0.29) is 0 Å². The van der Waals surface area contributed by atoms with E-state index in [2.05, 4.69) is 16.4 Å². The first kappa shape index (κ1) is 15.4. The second-order valence-corrected chi connectivity index (χ2v) is 5.76. The van der Waals surface area contributed by atoms with Gasteiger partial charge in [0, 0.05) is 5.92 Å². The summed E-state index contributed by atoms with van der Waals surface area (Å²) in [4.78, 5) is 4.36. The molecule has 1 heterocycles. The lowest BCUT2D eigenvalue weighted by atomic mass is 9.89. The summed E-state index contributed by atoms with van der Waals surface area (Å²) in [6, 6.07) is 11.7. The third kappa shape index (κ3) is 4.04. The van der Waals surface area contributed by atoms with Crippen LogP contribution in [-0.2, 0) is 0 Å². The second kappa shape index (κ2) is 7.68. The van der Waals surface area contributed by atoms with Gasteiger partial charge in [-0.3, -0.25) is 0 Å². The van der Waals surface area contributed by atoms with Crippen molar-refractivity contribution in [1.29, 1.82) is 5.26 Å². The van der Waals surface area contributed by atoms with E-state index in [4.69, 9.17) is 9.15 Å². The van der Waals surface area contributed by atoms with Gasteiger partial charge in [-0.25, -0.2) is 4.98 Å². The van der Waals surface area contributed by atoms with Gasteiger partial charge in [0.25, 0.3) is 0 Å². The van der Waals surface area contributed by atoms with Gasteiger partial charge in [0.05, 0.1) is 6.54 Å². The van der Waals surface area contributed by atoms with E-state index in [0.717, 1.165) is 18.6 Å². The molecule has 2 aromatic rings. The Balaban J connectivity index is 1.54. The Morgan fingerprint density at radius 3 is 2.74 bits per heavy atom. The molecule has 0 spiro atoms.